The van der Waals surface area contributed by atoms with Gasteiger partial charge in [0.15, 0.2) is 0 Å². The van der Waals surface area contributed by atoms with Crippen LogP contribution in [0.4, 0.5) is 8.78 Å². The van der Waals surface area contributed by atoms with E-state index in [1.54, 1.807) is 0 Å². The Labute approximate surface area is 105 Å². The van der Waals surface area contributed by atoms with Crippen molar-refractivity contribution in [1.29, 1.82) is 0 Å². The van der Waals surface area contributed by atoms with Gasteiger partial charge in [-0.15, -0.1) is 0 Å². The molecule has 1 aromatic rings. The number of aliphatic carboxylic acids is 1. The van der Waals surface area contributed by atoms with Crippen molar-refractivity contribution in [2.75, 3.05) is 0 Å². The van der Waals surface area contributed by atoms with Gasteiger partial charge in [-0.2, -0.15) is 0 Å². The molecule has 0 aliphatic carbocycles. The molecule has 0 atom stereocenters. The highest BCUT2D eigenvalue weighted by atomic mass is 79.9. The van der Waals surface area contributed by atoms with Gasteiger partial charge in [0.2, 0.25) is 0 Å². The van der Waals surface area contributed by atoms with Crippen LogP contribution in [0.3, 0.4) is 0 Å². The van der Waals surface area contributed by atoms with Crippen LogP contribution in [-0.4, -0.2) is 16.2 Å². The molecule has 1 rings (SSSR count). The smallest absolute Gasteiger partial charge is 0.304 e. The number of carboxylic acid groups (broad SMARTS) is 1. The van der Waals surface area contributed by atoms with Gasteiger partial charge < -0.3 is 10.2 Å². The Bertz CT molecular complexity index is 472. The maximum absolute atomic E-state index is 13.8. The number of halogens is 3. The Hall–Kier alpha value is -1.17. The molecular weight excluding hydrogens is 298 g/mol. The Morgan fingerprint density at radius 3 is 2.47 bits per heavy atom. The van der Waals surface area contributed by atoms with Crippen molar-refractivity contribution in [3.63, 3.8) is 0 Å². The highest BCUT2D eigenvalue weighted by molar-refractivity contribution is 9.10. The summed E-state index contributed by atoms with van der Waals surface area (Å²) in [5.41, 5.74) is -1.57. The van der Waals surface area contributed by atoms with Crippen LogP contribution < -0.4 is 0 Å². The number of aromatic hydroxyl groups is 1. The normalized spacial score (nSPS) is 11.6. The summed E-state index contributed by atoms with van der Waals surface area (Å²) in [6, 6.07) is 0.756. The van der Waals surface area contributed by atoms with Crippen LogP contribution in [0.5, 0.6) is 5.75 Å². The molecule has 0 aromatic heterocycles. The van der Waals surface area contributed by atoms with Gasteiger partial charge in [-0.05, 0) is 15.9 Å². The fraction of sp³-hybridized carbons (Fsp3) is 0.364. The average Bonchev–Trinajstić information content (AvgIpc) is 2.11. The highest BCUT2D eigenvalue weighted by Crippen LogP contribution is 2.38. The topological polar surface area (TPSA) is 57.5 Å². The number of carbonyl (C=O) groups is 1. The monoisotopic (exact) mass is 308 g/mol. The lowest BCUT2D eigenvalue weighted by molar-refractivity contribution is -0.138. The third-order valence-corrected chi connectivity index (χ3v) is 3.16. The summed E-state index contributed by atoms with van der Waals surface area (Å²) >= 11 is 2.78. The van der Waals surface area contributed by atoms with Crippen LogP contribution in [0.25, 0.3) is 0 Å². The molecule has 0 bridgehead atoms. The molecule has 0 saturated carbocycles. The summed E-state index contributed by atoms with van der Waals surface area (Å²) in [5, 5.41) is 17.9. The van der Waals surface area contributed by atoms with Crippen LogP contribution >= 0.6 is 15.9 Å². The van der Waals surface area contributed by atoms with Crippen molar-refractivity contribution >= 4 is 21.9 Å². The van der Waals surface area contributed by atoms with Crippen molar-refractivity contribution in [2.24, 2.45) is 0 Å². The summed E-state index contributed by atoms with van der Waals surface area (Å²) in [7, 11) is 0. The highest BCUT2D eigenvalue weighted by Gasteiger charge is 2.32. The summed E-state index contributed by atoms with van der Waals surface area (Å²) in [5.74, 6) is -3.66. The number of benzene rings is 1. The van der Waals surface area contributed by atoms with Gasteiger partial charge in [0.1, 0.15) is 17.4 Å². The van der Waals surface area contributed by atoms with Crippen LogP contribution in [0.15, 0.2) is 10.5 Å². The van der Waals surface area contributed by atoms with Crippen LogP contribution in [0.1, 0.15) is 25.8 Å². The maximum Gasteiger partial charge on any atom is 0.304 e. The molecule has 0 saturated heterocycles. The molecule has 94 valence electrons. The molecule has 0 unspecified atom stereocenters. The van der Waals surface area contributed by atoms with E-state index in [0.29, 0.717) is 0 Å². The zero-order valence-corrected chi connectivity index (χ0v) is 10.8. The van der Waals surface area contributed by atoms with Crippen LogP contribution in [0, 0.1) is 11.6 Å². The molecule has 0 amide bonds. The Morgan fingerprint density at radius 2 is 2.00 bits per heavy atom. The van der Waals surface area contributed by atoms with E-state index in [4.69, 9.17) is 5.11 Å². The molecule has 0 spiro atoms. The zero-order valence-electron chi connectivity index (χ0n) is 9.22. The van der Waals surface area contributed by atoms with E-state index in [1.807, 2.05) is 0 Å². The standard InChI is InChI=1S/C11H11BrF2O3/c1-11(2,4-7(16)17)8-5(13)3-6(15)9(12)10(8)14/h3,15H,4H2,1-2H3,(H,16,17). The van der Waals surface area contributed by atoms with Crippen molar-refractivity contribution in [1.82, 2.24) is 0 Å². The number of phenolic OH excluding ortho intramolecular Hbond substituents is 1. The van der Waals surface area contributed by atoms with E-state index in [2.05, 4.69) is 15.9 Å². The molecule has 0 aliphatic heterocycles. The fourth-order valence-electron chi connectivity index (χ4n) is 1.67. The van der Waals surface area contributed by atoms with E-state index in [1.165, 1.54) is 13.8 Å². The first-order valence-corrected chi connectivity index (χ1v) is 5.55. The van der Waals surface area contributed by atoms with Crippen LogP contribution in [-0.2, 0) is 10.2 Å². The minimum atomic E-state index is -1.21. The van der Waals surface area contributed by atoms with Gasteiger partial charge in [0.05, 0.1) is 10.9 Å². The van der Waals surface area contributed by atoms with Crippen molar-refractivity contribution in [2.45, 2.75) is 25.7 Å². The lowest BCUT2D eigenvalue weighted by Gasteiger charge is -2.24. The third-order valence-electron chi connectivity index (χ3n) is 2.41. The molecule has 0 aliphatic rings. The first-order chi connectivity index (χ1) is 7.66. The van der Waals surface area contributed by atoms with Gasteiger partial charge in [-0.1, -0.05) is 13.8 Å². The minimum Gasteiger partial charge on any atom is -0.507 e. The van der Waals surface area contributed by atoms with E-state index in [0.717, 1.165) is 6.07 Å². The summed E-state index contributed by atoms with van der Waals surface area (Å²) < 4.78 is 27.2. The van der Waals surface area contributed by atoms with Gasteiger partial charge in [-0.3, -0.25) is 4.79 Å². The summed E-state index contributed by atoms with van der Waals surface area (Å²) in [4.78, 5) is 10.7. The fourth-order valence-corrected chi connectivity index (χ4v) is 1.98. The number of carboxylic acids is 1. The minimum absolute atomic E-state index is 0.271. The largest absolute Gasteiger partial charge is 0.507 e. The molecule has 17 heavy (non-hydrogen) atoms. The molecular formula is C11H11BrF2O3. The van der Waals surface area contributed by atoms with Crippen molar-refractivity contribution in [3.05, 3.63) is 27.7 Å². The van der Waals surface area contributed by atoms with Crippen LogP contribution in [0.2, 0.25) is 0 Å². The average molecular weight is 309 g/mol. The second kappa shape index (κ2) is 4.60. The second-order valence-corrected chi connectivity index (χ2v) is 5.13. The molecule has 2 N–H and O–H groups in total. The number of hydrogen-bond acceptors (Lipinski definition) is 2. The van der Waals surface area contributed by atoms with E-state index >= 15 is 0 Å². The molecule has 6 heteroatoms. The number of rotatable bonds is 3. The summed E-state index contributed by atoms with van der Waals surface area (Å²) in [6.45, 7) is 2.85. The zero-order chi connectivity index (χ0) is 13.4. The SMILES string of the molecule is CC(C)(CC(=O)O)c1c(F)cc(O)c(Br)c1F. The molecule has 0 heterocycles. The van der Waals surface area contributed by atoms with Gasteiger partial charge in [0.25, 0.3) is 0 Å². The Balaban J connectivity index is 3.40. The lowest BCUT2D eigenvalue weighted by Crippen LogP contribution is -2.25. The predicted octanol–water partition coefficient (Wildman–Crippen LogP) is 3.19. The van der Waals surface area contributed by atoms with Gasteiger partial charge >= 0.3 is 5.97 Å². The first kappa shape index (κ1) is 13.9. The lowest BCUT2D eigenvalue weighted by atomic mass is 9.81. The Kier molecular flexibility index (Phi) is 3.76. The van der Waals surface area contributed by atoms with Crippen molar-refractivity contribution < 1.29 is 23.8 Å². The number of phenols is 1. The van der Waals surface area contributed by atoms with E-state index in [-0.39, 0.29) is 10.0 Å². The van der Waals surface area contributed by atoms with E-state index in [9.17, 15) is 18.7 Å². The van der Waals surface area contributed by atoms with Gasteiger partial charge in [-0.25, -0.2) is 8.78 Å². The van der Waals surface area contributed by atoms with E-state index < -0.39 is 35.2 Å². The third kappa shape index (κ3) is 2.74. The predicted molar refractivity (Wildman–Crippen MR) is 61.0 cm³/mol. The maximum atomic E-state index is 13.8. The molecule has 0 fully saturated rings. The Morgan fingerprint density at radius 1 is 1.47 bits per heavy atom. The molecule has 3 nitrogen and oxygen atoms in total. The van der Waals surface area contributed by atoms with Crippen molar-refractivity contribution in [3.8, 4) is 5.75 Å². The summed E-state index contributed by atoms with van der Waals surface area (Å²) in [6.07, 6.45) is -0.419. The second-order valence-electron chi connectivity index (χ2n) is 4.33. The first-order valence-electron chi connectivity index (χ1n) is 4.75. The number of hydrogen-bond donors (Lipinski definition) is 2. The molecule has 0 radical (unpaired) electrons. The quantitative estimate of drug-likeness (QED) is 0.843. The van der Waals surface area contributed by atoms with Gasteiger partial charge in [0, 0.05) is 17.0 Å². The molecule has 1 aromatic carbocycles.